The average molecular weight is 262 g/mol. The molecular formula is C13H14N2O4. The molecule has 1 aromatic carbocycles. The van der Waals surface area contributed by atoms with Crippen LogP contribution in [-0.4, -0.2) is 22.0 Å². The van der Waals surface area contributed by atoms with Gasteiger partial charge in [0.2, 0.25) is 5.91 Å². The van der Waals surface area contributed by atoms with Crippen LogP contribution in [0.3, 0.4) is 0 Å². The van der Waals surface area contributed by atoms with Gasteiger partial charge in [0.15, 0.2) is 12.0 Å². The molecule has 6 nitrogen and oxygen atoms in total. The molecule has 0 aliphatic carbocycles. The highest BCUT2D eigenvalue weighted by molar-refractivity contribution is 5.75. The quantitative estimate of drug-likeness (QED) is 0.858. The predicted molar refractivity (Wildman–Crippen MR) is 67.4 cm³/mol. The maximum absolute atomic E-state index is 11.2. The van der Waals surface area contributed by atoms with E-state index in [1.807, 2.05) is 6.07 Å². The van der Waals surface area contributed by atoms with Crippen molar-refractivity contribution >= 4 is 23.0 Å². The fourth-order valence-electron chi connectivity index (χ4n) is 1.92. The van der Waals surface area contributed by atoms with Crippen LogP contribution >= 0.6 is 0 Å². The molecule has 6 heteroatoms. The molecule has 0 spiro atoms. The number of benzene rings is 1. The molecule has 1 atom stereocenters. The minimum absolute atomic E-state index is 0.0145. The number of carboxylic acids is 1. The molecule has 0 aliphatic heterocycles. The number of aliphatic carboxylic acids is 1. The Labute approximate surface area is 109 Å². The molecule has 1 aromatic heterocycles. The third-order valence-electron chi connectivity index (χ3n) is 2.78. The largest absolute Gasteiger partial charge is 0.481 e. The first-order valence-corrected chi connectivity index (χ1v) is 5.88. The Hall–Kier alpha value is -2.37. The second-order valence-electron chi connectivity index (χ2n) is 4.27. The van der Waals surface area contributed by atoms with Crippen LogP contribution in [0.2, 0.25) is 0 Å². The normalized spacial score (nSPS) is 12.3. The molecule has 1 heterocycles. The van der Waals surface area contributed by atoms with Gasteiger partial charge in [-0.15, -0.1) is 0 Å². The van der Waals surface area contributed by atoms with E-state index in [9.17, 15) is 9.59 Å². The Morgan fingerprint density at radius 1 is 1.47 bits per heavy atom. The molecule has 100 valence electrons. The van der Waals surface area contributed by atoms with Crippen LogP contribution in [0.4, 0.5) is 0 Å². The summed E-state index contributed by atoms with van der Waals surface area (Å²) in [5, 5.41) is 11.5. The summed E-state index contributed by atoms with van der Waals surface area (Å²) in [6.45, 7) is 1.40. The summed E-state index contributed by atoms with van der Waals surface area (Å²) in [7, 11) is 0. The summed E-state index contributed by atoms with van der Waals surface area (Å²) >= 11 is 0. The lowest BCUT2D eigenvalue weighted by Crippen LogP contribution is -2.26. The standard InChI is InChI=1S/C13H14N2O4/c1-8(16)15-10(4-5-13(17)18)9-2-3-11-12(6-9)19-7-14-11/h2-3,6-7,10H,4-5H2,1H3,(H,15,16)(H,17,18). The molecule has 0 radical (unpaired) electrons. The Kier molecular flexibility index (Phi) is 3.79. The zero-order valence-corrected chi connectivity index (χ0v) is 10.4. The zero-order valence-electron chi connectivity index (χ0n) is 10.4. The maximum Gasteiger partial charge on any atom is 0.303 e. The molecule has 0 saturated heterocycles. The van der Waals surface area contributed by atoms with Crippen LogP contribution in [0.1, 0.15) is 31.4 Å². The van der Waals surface area contributed by atoms with Crippen molar-refractivity contribution in [2.24, 2.45) is 0 Å². The van der Waals surface area contributed by atoms with E-state index >= 15 is 0 Å². The first kappa shape index (κ1) is 13.1. The van der Waals surface area contributed by atoms with E-state index in [1.165, 1.54) is 13.3 Å². The number of carbonyl (C=O) groups excluding carboxylic acids is 1. The number of rotatable bonds is 5. The van der Waals surface area contributed by atoms with E-state index in [4.69, 9.17) is 9.52 Å². The summed E-state index contributed by atoms with van der Waals surface area (Å²) in [5.41, 5.74) is 2.15. The van der Waals surface area contributed by atoms with Crippen molar-refractivity contribution in [2.45, 2.75) is 25.8 Å². The van der Waals surface area contributed by atoms with Gasteiger partial charge >= 0.3 is 5.97 Å². The molecule has 19 heavy (non-hydrogen) atoms. The van der Waals surface area contributed by atoms with Crippen LogP contribution in [0.25, 0.3) is 11.1 Å². The van der Waals surface area contributed by atoms with Gasteiger partial charge in [-0.1, -0.05) is 6.07 Å². The lowest BCUT2D eigenvalue weighted by atomic mass is 10.0. The molecule has 1 amide bonds. The molecular weight excluding hydrogens is 248 g/mol. The van der Waals surface area contributed by atoms with Gasteiger partial charge in [0.25, 0.3) is 0 Å². The van der Waals surface area contributed by atoms with Crippen LogP contribution in [-0.2, 0) is 9.59 Å². The van der Waals surface area contributed by atoms with Crippen LogP contribution in [0, 0.1) is 0 Å². The summed E-state index contributed by atoms with van der Waals surface area (Å²) in [6.07, 6.45) is 1.66. The fraction of sp³-hybridized carbons (Fsp3) is 0.308. The van der Waals surface area contributed by atoms with Crippen molar-refractivity contribution in [1.82, 2.24) is 10.3 Å². The van der Waals surface area contributed by atoms with Gasteiger partial charge in [0.1, 0.15) is 5.52 Å². The SMILES string of the molecule is CC(=O)NC(CCC(=O)O)c1ccc2ncoc2c1. The number of hydrogen-bond donors (Lipinski definition) is 2. The number of nitrogens with one attached hydrogen (secondary N) is 1. The van der Waals surface area contributed by atoms with Gasteiger partial charge in [-0.25, -0.2) is 4.98 Å². The van der Waals surface area contributed by atoms with Gasteiger partial charge in [-0.2, -0.15) is 0 Å². The van der Waals surface area contributed by atoms with Crippen molar-refractivity contribution < 1.29 is 19.1 Å². The summed E-state index contributed by atoms with van der Waals surface area (Å²) in [4.78, 5) is 25.8. The van der Waals surface area contributed by atoms with Crippen molar-refractivity contribution in [2.75, 3.05) is 0 Å². The van der Waals surface area contributed by atoms with Gasteiger partial charge in [-0.05, 0) is 24.1 Å². The number of fused-ring (bicyclic) bond motifs is 1. The first-order chi connectivity index (χ1) is 9.06. The third-order valence-corrected chi connectivity index (χ3v) is 2.78. The number of amides is 1. The smallest absolute Gasteiger partial charge is 0.303 e. The van der Waals surface area contributed by atoms with E-state index in [-0.39, 0.29) is 18.4 Å². The monoisotopic (exact) mass is 262 g/mol. The number of nitrogens with zero attached hydrogens (tertiary/aromatic N) is 1. The number of aromatic nitrogens is 1. The number of oxazole rings is 1. The average Bonchev–Trinajstić information content (AvgIpc) is 2.80. The van der Waals surface area contributed by atoms with Crippen molar-refractivity contribution in [1.29, 1.82) is 0 Å². The molecule has 0 saturated carbocycles. The number of hydrogen-bond acceptors (Lipinski definition) is 4. The van der Waals surface area contributed by atoms with Crippen molar-refractivity contribution in [3.8, 4) is 0 Å². The Bertz CT molecular complexity index is 605. The van der Waals surface area contributed by atoms with Gasteiger partial charge in [-0.3, -0.25) is 9.59 Å². The number of carbonyl (C=O) groups is 2. The van der Waals surface area contributed by atoms with E-state index < -0.39 is 5.97 Å². The Morgan fingerprint density at radius 2 is 2.26 bits per heavy atom. The van der Waals surface area contributed by atoms with E-state index in [1.54, 1.807) is 12.1 Å². The molecule has 0 fully saturated rings. The van der Waals surface area contributed by atoms with E-state index in [0.717, 1.165) is 11.1 Å². The summed E-state index contributed by atoms with van der Waals surface area (Å²) in [6, 6.07) is 5.02. The minimum atomic E-state index is -0.893. The fourth-order valence-corrected chi connectivity index (χ4v) is 1.92. The van der Waals surface area contributed by atoms with Crippen LogP contribution < -0.4 is 5.32 Å². The highest BCUT2D eigenvalue weighted by Gasteiger charge is 2.15. The predicted octanol–water partition coefficient (Wildman–Crippen LogP) is 1.87. The maximum atomic E-state index is 11.2. The van der Waals surface area contributed by atoms with E-state index in [0.29, 0.717) is 12.0 Å². The Morgan fingerprint density at radius 3 is 2.95 bits per heavy atom. The van der Waals surface area contributed by atoms with E-state index in [2.05, 4.69) is 10.3 Å². The topological polar surface area (TPSA) is 92.4 Å². The molecule has 2 aromatic rings. The second-order valence-corrected chi connectivity index (χ2v) is 4.27. The van der Waals surface area contributed by atoms with Crippen LogP contribution in [0.15, 0.2) is 29.0 Å². The van der Waals surface area contributed by atoms with Crippen LogP contribution in [0.5, 0.6) is 0 Å². The highest BCUT2D eigenvalue weighted by atomic mass is 16.4. The molecule has 2 N–H and O–H groups in total. The van der Waals surface area contributed by atoms with Gasteiger partial charge in [0, 0.05) is 13.3 Å². The molecule has 0 aliphatic rings. The Balaban J connectivity index is 2.24. The van der Waals surface area contributed by atoms with Gasteiger partial charge < -0.3 is 14.8 Å². The molecule has 2 rings (SSSR count). The van der Waals surface area contributed by atoms with Crippen molar-refractivity contribution in [3.63, 3.8) is 0 Å². The van der Waals surface area contributed by atoms with Crippen molar-refractivity contribution in [3.05, 3.63) is 30.2 Å². The highest BCUT2D eigenvalue weighted by Crippen LogP contribution is 2.23. The lowest BCUT2D eigenvalue weighted by Gasteiger charge is -2.17. The second kappa shape index (κ2) is 5.51. The minimum Gasteiger partial charge on any atom is -0.481 e. The molecule has 0 bridgehead atoms. The third kappa shape index (κ3) is 3.31. The number of carboxylic acid groups (broad SMARTS) is 1. The first-order valence-electron chi connectivity index (χ1n) is 5.88. The van der Waals surface area contributed by atoms with Gasteiger partial charge in [0.05, 0.1) is 6.04 Å². The zero-order chi connectivity index (χ0) is 13.8. The lowest BCUT2D eigenvalue weighted by molar-refractivity contribution is -0.137. The summed E-state index contributed by atoms with van der Waals surface area (Å²) < 4.78 is 5.20. The summed E-state index contributed by atoms with van der Waals surface area (Å²) in [5.74, 6) is -1.09. The molecule has 1 unspecified atom stereocenters.